The molecule has 86 valence electrons. The number of aryl methyl sites for hydroxylation is 1. The van der Waals surface area contributed by atoms with E-state index in [1.807, 2.05) is 13.0 Å². The summed E-state index contributed by atoms with van der Waals surface area (Å²) < 4.78 is 1.69. The maximum absolute atomic E-state index is 11.7. The van der Waals surface area contributed by atoms with Gasteiger partial charge in [-0.05, 0) is 25.5 Å². The van der Waals surface area contributed by atoms with Crippen LogP contribution in [0.25, 0.3) is 5.69 Å². The van der Waals surface area contributed by atoms with Crippen LogP contribution in [0, 0.1) is 6.92 Å². The molecule has 1 aliphatic rings. The zero-order chi connectivity index (χ0) is 12.0. The van der Waals surface area contributed by atoms with E-state index in [1.54, 1.807) is 22.9 Å². The van der Waals surface area contributed by atoms with Crippen molar-refractivity contribution in [3.05, 3.63) is 41.2 Å². The second-order valence-corrected chi connectivity index (χ2v) is 4.23. The molecule has 0 unspecified atom stereocenters. The van der Waals surface area contributed by atoms with Crippen LogP contribution in [0.15, 0.2) is 24.3 Å². The molecule has 0 fully saturated rings. The fourth-order valence-corrected chi connectivity index (χ4v) is 2.37. The van der Waals surface area contributed by atoms with E-state index >= 15 is 0 Å². The zero-order valence-electron chi connectivity index (χ0n) is 9.47. The number of hydrogen-bond donors (Lipinski definition) is 1. The molecule has 0 radical (unpaired) electrons. The highest BCUT2D eigenvalue weighted by Gasteiger charge is 2.28. The summed E-state index contributed by atoms with van der Waals surface area (Å²) in [6, 6.07) is 7.02. The molecule has 0 spiro atoms. The number of aromatic nitrogens is 2. The molecule has 4 heteroatoms. The third-order valence-corrected chi connectivity index (χ3v) is 3.13. The van der Waals surface area contributed by atoms with Crippen molar-refractivity contribution in [2.45, 2.75) is 19.8 Å². The fourth-order valence-electron chi connectivity index (χ4n) is 2.37. The number of phenols is 1. The molecule has 0 amide bonds. The molecule has 3 rings (SSSR count). The highest BCUT2D eigenvalue weighted by molar-refractivity contribution is 6.01. The van der Waals surface area contributed by atoms with Gasteiger partial charge in [-0.15, -0.1) is 0 Å². The number of benzene rings is 1. The molecule has 4 nitrogen and oxygen atoms in total. The first kappa shape index (κ1) is 10.1. The van der Waals surface area contributed by atoms with Gasteiger partial charge in [0.25, 0.3) is 0 Å². The van der Waals surface area contributed by atoms with Gasteiger partial charge in [-0.2, -0.15) is 5.10 Å². The van der Waals surface area contributed by atoms with E-state index in [0.717, 1.165) is 17.0 Å². The van der Waals surface area contributed by atoms with Crippen molar-refractivity contribution in [1.82, 2.24) is 9.78 Å². The Kier molecular flexibility index (Phi) is 2.04. The molecule has 1 N–H and O–H groups in total. The van der Waals surface area contributed by atoms with Gasteiger partial charge in [0.15, 0.2) is 5.78 Å². The second-order valence-electron chi connectivity index (χ2n) is 4.23. The fraction of sp³-hybridized carbons (Fsp3) is 0.231. The van der Waals surface area contributed by atoms with Gasteiger partial charge in [-0.25, -0.2) is 4.68 Å². The topological polar surface area (TPSA) is 55.1 Å². The smallest absolute Gasteiger partial charge is 0.166 e. The summed E-state index contributed by atoms with van der Waals surface area (Å²) in [6.45, 7) is 1.83. The standard InChI is InChI=1S/C13H12N2O2/c1-8-13-10(6-7-12(13)17)15(14-8)9-4-2-3-5-11(9)16/h2-5,16H,6-7H2,1H3. The predicted molar refractivity (Wildman–Crippen MR) is 62.6 cm³/mol. The number of hydrogen-bond acceptors (Lipinski definition) is 3. The van der Waals surface area contributed by atoms with Crippen LogP contribution < -0.4 is 0 Å². The minimum Gasteiger partial charge on any atom is -0.506 e. The van der Waals surface area contributed by atoms with Crippen LogP contribution in [-0.2, 0) is 6.42 Å². The molecule has 0 bridgehead atoms. The van der Waals surface area contributed by atoms with Gasteiger partial charge >= 0.3 is 0 Å². The number of carbonyl (C=O) groups excluding carboxylic acids is 1. The van der Waals surface area contributed by atoms with Crippen molar-refractivity contribution in [3.63, 3.8) is 0 Å². The van der Waals surface area contributed by atoms with Gasteiger partial charge in [-0.3, -0.25) is 4.79 Å². The number of Topliss-reactive ketones (excluding diaryl/α,β-unsaturated/α-hetero) is 1. The van der Waals surface area contributed by atoms with Crippen molar-refractivity contribution >= 4 is 5.78 Å². The van der Waals surface area contributed by atoms with Crippen LogP contribution in [0.2, 0.25) is 0 Å². The lowest BCUT2D eigenvalue weighted by atomic mass is 10.2. The van der Waals surface area contributed by atoms with E-state index in [-0.39, 0.29) is 11.5 Å². The first-order valence-corrected chi connectivity index (χ1v) is 5.58. The van der Waals surface area contributed by atoms with E-state index < -0.39 is 0 Å². The van der Waals surface area contributed by atoms with E-state index in [4.69, 9.17) is 0 Å². The molecule has 17 heavy (non-hydrogen) atoms. The van der Waals surface area contributed by atoms with E-state index in [0.29, 0.717) is 18.5 Å². The van der Waals surface area contributed by atoms with Gasteiger partial charge in [0.2, 0.25) is 0 Å². The number of rotatable bonds is 1. The molecule has 0 atom stereocenters. The van der Waals surface area contributed by atoms with Crippen LogP contribution in [0.5, 0.6) is 5.75 Å². The average molecular weight is 228 g/mol. The van der Waals surface area contributed by atoms with Gasteiger partial charge in [-0.1, -0.05) is 12.1 Å². The lowest BCUT2D eigenvalue weighted by Gasteiger charge is -2.06. The van der Waals surface area contributed by atoms with Gasteiger partial charge in [0.1, 0.15) is 11.4 Å². The van der Waals surface area contributed by atoms with Crippen molar-refractivity contribution in [3.8, 4) is 11.4 Å². The monoisotopic (exact) mass is 228 g/mol. The zero-order valence-corrected chi connectivity index (χ0v) is 9.47. The summed E-state index contributed by atoms with van der Waals surface area (Å²) in [5.74, 6) is 0.330. The largest absolute Gasteiger partial charge is 0.506 e. The number of aromatic hydroxyl groups is 1. The Morgan fingerprint density at radius 3 is 2.82 bits per heavy atom. The summed E-state index contributed by atoms with van der Waals surface area (Å²) in [6.07, 6.45) is 1.24. The Labute approximate surface area is 98.5 Å². The summed E-state index contributed by atoms with van der Waals surface area (Å²) in [7, 11) is 0. The molecule has 1 aromatic heterocycles. The van der Waals surface area contributed by atoms with Crippen molar-refractivity contribution in [1.29, 1.82) is 0 Å². The molecule has 1 heterocycles. The minimum absolute atomic E-state index is 0.152. The number of carbonyl (C=O) groups is 1. The molecule has 0 saturated carbocycles. The molecular weight excluding hydrogens is 216 g/mol. The Hall–Kier alpha value is -2.10. The molecular formula is C13H12N2O2. The quantitative estimate of drug-likeness (QED) is 0.812. The first-order valence-electron chi connectivity index (χ1n) is 5.58. The SMILES string of the molecule is Cc1nn(-c2ccccc2O)c2c1C(=O)CC2. The molecule has 2 aromatic rings. The second kappa shape index (κ2) is 3.45. The van der Waals surface area contributed by atoms with Crippen LogP contribution in [0.1, 0.15) is 28.2 Å². The molecule has 1 aromatic carbocycles. The summed E-state index contributed by atoms with van der Waals surface area (Å²) in [5, 5.41) is 14.2. The third-order valence-electron chi connectivity index (χ3n) is 3.13. The van der Waals surface area contributed by atoms with Crippen molar-refractivity contribution in [2.24, 2.45) is 0 Å². The lowest BCUT2D eigenvalue weighted by molar-refractivity contribution is 0.0994. The molecule has 0 saturated heterocycles. The normalized spacial score (nSPS) is 14.1. The van der Waals surface area contributed by atoms with E-state index in [9.17, 15) is 9.90 Å². The Morgan fingerprint density at radius 1 is 1.29 bits per heavy atom. The highest BCUT2D eigenvalue weighted by atomic mass is 16.3. The molecule has 0 aliphatic heterocycles. The highest BCUT2D eigenvalue weighted by Crippen LogP contribution is 2.30. The lowest BCUT2D eigenvalue weighted by Crippen LogP contribution is -2.01. The van der Waals surface area contributed by atoms with Gasteiger partial charge < -0.3 is 5.11 Å². The van der Waals surface area contributed by atoms with E-state index in [1.165, 1.54) is 0 Å². The predicted octanol–water partition coefficient (Wildman–Crippen LogP) is 2.02. The first-order chi connectivity index (χ1) is 8.18. The summed E-state index contributed by atoms with van der Waals surface area (Å²) >= 11 is 0. The number of phenolic OH excluding ortho intramolecular Hbond substituents is 1. The maximum Gasteiger partial charge on any atom is 0.166 e. The van der Waals surface area contributed by atoms with Crippen LogP contribution in [0.4, 0.5) is 0 Å². The Balaban J connectivity index is 2.24. The Morgan fingerprint density at radius 2 is 2.06 bits per heavy atom. The number of ketones is 1. The van der Waals surface area contributed by atoms with Crippen molar-refractivity contribution < 1.29 is 9.90 Å². The summed E-state index contributed by atoms with van der Waals surface area (Å²) in [4.78, 5) is 11.7. The van der Waals surface area contributed by atoms with Crippen LogP contribution in [0.3, 0.4) is 0 Å². The van der Waals surface area contributed by atoms with Crippen LogP contribution >= 0.6 is 0 Å². The maximum atomic E-state index is 11.7. The number of para-hydroxylation sites is 2. The van der Waals surface area contributed by atoms with Gasteiger partial charge in [0.05, 0.1) is 17.0 Å². The van der Waals surface area contributed by atoms with Crippen molar-refractivity contribution in [2.75, 3.05) is 0 Å². The van der Waals surface area contributed by atoms with Gasteiger partial charge in [0, 0.05) is 6.42 Å². The van der Waals surface area contributed by atoms with Crippen LogP contribution in [-0.4, -0.2) is 20.7 Å². The average Bonchev–Trinajstić information content (AvgIpc) is 2.83. The summed E-state index contributed by atoms with van der Waals surface area (Å²) in [5.41, 5.74) is 3.01. The molecule has 1 aliphatic carbocycles. The number of nitrogens with zero attached hydrogens (tertiary/aromatic N) is 2. The third kappa shape index (κ3) is 1.37. The minimum atomic E-state index is 0.152. The number of fused-ring (bicyclic) bond motifs is 1. The Bertz CT molecular complexity index is 614. The van der Waals surface area contributed by atoms with E-state index in [2.05, 4.69) is 5.10 Å².